The number of carboxylic acids is 1. The number of carbonyl (C=O) groups is 2. The van der Waals surface area contributed by atoms with Crippen LogP contribution in [0.3, 0.4) is 0 Å². The maximum atomic E-state index is 11.8. The lowest BCUT2D eigenvalue weighted by Gasteiger charge is -2.17. The van der Waals surface area contributed by atoms with Crippen LogP contribution in [0, 0.1) is 11.8 Å². The van der Waals surface area contributed by atoms with Gasteiger partial charge in [-0.2, -0.15) is 0 Å². The molecular formula is C13H18ClN3O3. The molecule has 2 N–H and O–H groups in total. The molecule has 0 radical (unpaired) electrons. The molecule has 1 amide bonds. The average molecular weight is 300 g/mol. The second kappa shape index (κ2) is 7.79. The standard InChI is InChI=1S/C13H18ClN3O3/c1-8(2)5-9(6-12(18)19)7-15-13(20)10-3-4-11(14)17-16-10/h3-4,8-9H,5-7H2,1-2H3,(H,15,20)(H,18,19)/t9-/m0/s1. The van der Waals surface area contributed by atoms with Crippen molar-refractivity contribution in [1.29, 1.82) is 0 Å². The molecule has 0 unspecified atom stereocenters. The molecule has 0 aliphatic heterocycles. The number of nitrogens with zero attached hydrogens (tertiary/aromatic N) is 2. The van der Waals surface area contributed by atoms with Gasteiger partial charge in [0.25, 0.3) is 5.91 Å². The van der Waals surface area contributed by atoms with Crippen LogP contribution in [-0.2, 0) is 4.79 Å². The van der Waals surface area contributed by atoms with Gasteiger partial charge in [0.15, 0.2) is 10.8 Å². The summed E-state index contributed by atoms with van der Waals surface area (Å²) in [4.78, 5) is 22.6. The Morgan fingerprint density at radius 1 is 1.35 bits per heavy atom. The second-order valence-corrected chi connectivity index (χ2v) is 5.43. The van der Waals surface area contributed by atoms with E-state index in [9.17, 15) is 9.59 Å². The third kappa shape index (κ3) is 5.97. The Balaban J connectivity index is 2.55. The number of nitrogens with one attached hydrogen (secondary N) is 1. The third-order valence-electron chi connectivity index (χ3n) is 2.68. The van der Waals surface area contributed by atoms with Gasteiger partial charge in [0.1, 0.15) is 0 Å². The van der Waals surface area contributed by atoms with Crippen molar-refractivity contribution >= 4 is 23.5 Å². The van der Waals surface area contributed by atoms with Gasteiger partial charge in [-0.1, -0.05) is 25.4 Å². The highest BCUT2D eigenvalue weighted by Gasteiger charge is 2.17. The smallest absolute Gasteiger partial charge is 0.303 e. The van der Waals surface area contributed by atoms with Crippen LogP contribution < -0.4 is 5.32 Å². The maximum Gasteiger partial charge on any atom is 0.303 e. The van der Waals surface area contributed by atoms with Crippen molar-refractivity contribution < 1.29 is 14.7 Å². The first kappa shape index (κ1) is 16.4. The van der Waals surface area contributed by atoms with E-state index >= 15 is 0 Å². The molecule has 1 atom stereocenters. The van der Waals surface area contributed by atoms with Crippen molar-refractivity contribution in [3.63, 3.8) is 0 Å². The molecule has 1 aromatic heterocycles. The Hall–Kier alpha value is -1.69. The minimum Gasteiger partial charge on any atom is -0.481 e. The summed E-state index contributed by atoms with van der Waals surface area (Å²) in [6.07, 6.45) is 0.767. The molecule has 0 spiro atoms. The Kier molecular flexibility index (Phi) is 6.38. The zero-order valence-electron chi connectivity index (χ0n) is 11.5. The molecule has 1 heterocycles. The van der Waals surface area contributed by atoms with E-state index in [0.717, 1.165) is 6.42 Å². The number of carbonyl (C=O) groups excluding carboxylic acids is 1. The lowest BCUT2D eigenvalue weighted by Crippen LogP contribution is -2.31. The molecule has 0 saturated carbocycles. The first-order chi connectivity index (χ1) is 9.38. The van der Waals surface area contributed by atoms with Gasteiger partial charge in [0.2, 0.25) is 0 Å². The van der Waals surface area contributed by atoms with Crippen molar-refractivity contribution in [2.24, 2.45) is 11.8 Å². The molecule has 0 bridgehead atoms. The molecule has 6 nitrogen and oxygen atoms in total. The topological polar surface area (TPSA) is 92.2 Å². The monoisotopic (exact) mass is 299 g/mol. The van der Waals surface area contributed by atoms with Crippen molar-refractivity contribution in [3.8, 4) is 0 Å². The van der Waals surface area contributed by atoms with Crippen molar-refractivity contribution in [1.82, 2.24) is 15.5 Å². The van der Waals surface area contributed by atoms with Gasteiger partial charge in [-0.25, -0.2) is 0 Å². The number of halogens is 1. The fourth-order valence-corrected chi connectivity index (χ4v) is 2.02. The molecule has 7 heteroatoms. The van der Waals surface area contributed by atoms with Crippen LogP contribution in [-0.4, -0.2) is 33.7 Å². The van der Waals surface area contributed by atoms with E-state index in [1.807, 2.05) is 13.8 Å². The number of rotatable bonds is 7. The molecule has 0 aromatic carbocycles. The summed E-state index contributed by atoms with van der Waals surface area (Å²) in [5.74, 6) is -0.979. The van der Waals surface area contributed by atoms with Gasteiger partial charge >= 0.3 is 5.97 Å². The SMILES string of the molecule is CC(C)C[C@H](CNC(=O)c1ccc(Cl)nn1)CC(=O)O. The van der Waals surface area contributed by atoms with Gasteiger partial charge in [-0.05, 0) is 30.4 Å². The number of hydrogen-bond donors (Lipinski definition) is 2. The Labute approximate surface area is 122 Å². The van der Waals surface area contributed by atoms with E-state index < -0.39 is 5.97 Å². The lowest BCUT2D eigenvalue weighted by molar-refractivity contribution is -0.138. The number of carboxylic acid groups (broad SMARTS) is 1. The lowest BCUT2D eigenvalue weighted by atomic mass is 9.94. The van der Waals surface area contributed by atoms with Gasteiger partial charge in [0.05, 0.1) is 0 Å². The summed E-state index contributed by atoms with van der Waals surface area (Å²) < 4.78 is 0. The van der Waals surface area contributed by atoms with Crippen LogP contribution in [0.2, 0.25) is 5.15 Å². The molecule has 0 aliphatic carbocycles. The van der Waals surface area contributed by atoms with Gasteiger partial charge in [-0.3, -0.25) is 9.59 Å². The summed E-state index contributed by atoms with van der Waals surface area (Å²) in [5, 5.41) is 19.0. The minimum atomic E-state index is -0.865. The fraction of sp³-hybridized carbons (Fsp3) is 0.538. The van der Waals surface area contributed by atoms with Crippen molar-refractivity contribution in [2.45, 2.75) is 26.7 Å². The number of aromatic nitrogens is 2. The highest BCUT2D eigenvalue weighted by Crippen LogP contribution is 2.15. The van der Waals surface area contributed by atoms with Crippen LogP contribution in [0.15, 0.2) is 12.1 Å². The predicted octanol–water partition coefficient (Wildman–Crippen LogP) is 2.00. The molecule has 1 rings (SSSR count). The summed E-state index contributed by atoms with van der Waals surface area (Å²) in [5.41, 5.74) is 0.160. The molecule has 20 heavy (non-hydrogen) atoms. The van der Waals surface area contributed by atoms with Crippen LogP contribution in [0.1, 0.15) is 37.2 Å². The highest BCUT2D eigenvalue weighted by molar-refractivity contribution is 6.29. The normalized spacial score (nSPS) is 12.2. The first-order valence-corrected chi connectivity index (χ1v) is 6.75. The molecule has 110 valence electrons. The average Bonchev–Trinajstić information content (AvgIpc) is 2.35. The first-order valence-electron chi connectivity index (χ1n) is 6.37. The van der Waals surface area contributed by atoms with E-state index in [4.69, 9.17) is 16.7 Å². The highest BCUT2D eigenvalue weighted by atomic mass is 35.5. The van der Waals surface area contributed by atoms with E-state index in [-0.39, 0.29) is 29.1 Å². The summed E-state index contributed by atoms with van der Waals surface area (Å²) >= 11 is 5.59. The van der Waals surface area contributed by atoms with Crippen molar-refractivity contribution in [3.05, 3.63) is 23.0 Å². The number of aliphatic carboxylic acids is 1. The van der Waals surface area contributed by atoms with Crippen LogP contribution in [0.5, 0.6) is 0 Å². The zero-order valence-corrected chi connectivity index (χ0v) is 12.2. The van der Waals surface area contributed by atoms with E-state index in [0.29, 0.717) is 12.5 Å². The minimum absolute atomic E-state index is 0.0325. The zero-order chi connectivity index (χ0) is 15.1. The number of hydrogen-bond acceptors (Lipinski definition) is 4. The van der Waals surface area contributed by atoms with Gasteiger partial charge in [-0.15, -0.1) is 10.2 Å². The third-order valence-corrected chi connectivity index (χ3v) is 2.89. The van der Waals surface area contributed by atoms with Gasteiger partial charge in [0, 0.05) is 13.0 Å². The van der Waals surface area contributed by atoms with Crippen LogP contribution in [0.4, 0.5) is 0 Å². The molecule has 0 saturated heterocycles. The largest absolute Gasteiger partial charge is 0.481 e. The second-order valence-electron chi connectivity index (χ2n) is 5.04. The molecule has 0 fully saturated rings. The molecule has 0 aliphatic rings. The number of amides is 1. The van der Waals surface area contributed by atoms with Crippen LogP contribution >= 0.6 is 11.6 Å². The fourth-order valence-electron chi connectivity index (χ4n) is 1.92. The van der Waals surface area contributed by atoms with Crippen LogP contribution in [0.25, 0.3) is 0 Å². The quantitative estimate of drug-likeness (QED) is 0.803. The molecule has 1 aromatic rings. The summed E-state index contributed by atoms with van der Waals surface area (Å²) in [6, 6.07) is 2.95. The van der Waals surface area contributed by atoms with Crippen molar-refractivity contribution in [2.75, 3.05) is 6.54 Å². The summed E-state index contributed by atoms with van der Waals surface area (Å²) in [7, 11) is 0. The Morgan fingerprint density at radius 3 is 2.55 bits per heavy atom. The molecular weight excluding hydrogens is 282 g/mol. The van der Waals surface area contributed by atoms with E-state index in [1.165, 1.54) is 12.1 Å². The van der Waals surface area contributed by atoms with E-state index in [1.54, 1.807) is 0 Å². The van der Waals surface area contributed by atoms with E-state index in [2.05, 4.69) is 15.5 Å². The Bertz CT molecular complexity index is 462. The summed E-state index contributed by atoms with van der Waals surface area (Å²) in [6.45, 7) is 4.33. The van der Waals surface area contributed by atoms with Gasteiger partial charge < -0.3 is 10.4 Å². The Morgan fingerprint density at radius 2 is 2.05 bits per heavy atom. The maximum absolute atomic E-state index is 11.8. The predicted molar refractivity (Wildman–Crippen MR) is 74.6 cm³/mol.